The third-order valence-corrected chi connectivity index (χ3v) is 6.44. The largest absolute Gasteiger partial charge is 0.506 e. The van der Waals surface area contributed by atoms with Gasteiger partial charge in [0, 0.05) is 22.7 Å². The maximum absolute atomic E-state index is 13.6. The smallest absolute Gasteiger partial charge is 0.269 e. The van der Waals surface area contributed by atoms with Gasteiger partial charge in [0.2, 0.25) is 0 Å². The molecule has 0 atom stereocenters. The Balaban J connectivity index is 1.81. The van der Waals surface area contributed by atoms with Crippen LogP contribution in [0.1, 0.15) is 43.5 Å². The first-order valence-electron chi connectivity index (χ1n) is 9.42. The lowest BCUT2D eigenvalue weighted by Crippen LogP contribution is -2.27. The van der Waals surface area contributed by atoms with Gasteiger partial charge in [-0.2, -0.15) is 0 Å². The average Bonchev–Trinajstić information content (AvgIpc) is 3.52. The Morgan fingerprint density at radius 1 is 1.04 bits per heavy atom. The Kier molecular flexibility index (Phi) is 3.91. The van der Waals surface area contributed by atoms with Crippen molar-refractivity contribution in [1.82, 2.24) is 9.13 Å². The Hall–Kier alpha value is -2.54. The molecular formula is C21H19FN2O3S. The molecule has 2 fully saturated rings. The molecule has 7 heteroatoms. The maximum Gasteiger partial charge on any atom is 0.269 e. The molecule has 28 heavy (non-hydrogen) atoms. The molecule has 0 radical (unpaired) electrons. The molecule has 2 heterocycles. The molecule has 1 aromatic carbocycles. The number of hydrogen-bond acceptors (Lipinski definition) is 4. The molecule has 0 unspecified atom stereocenters. The van der Waals surface area contributed by atoms with E-state index >= 15 is 0 Å². The predicted octanol–water partition coefficient (Wildman–Crippen LogP) is 4.14. The van der Waals surface area contributed by atoms with Gasteiger partial charge in [0.15, 0.2) is 0 Å². The summed E-state index contributed by atoms with van der Waals surface area (Å²) in [6.07, 6.45) is 3.63. The molecule has 5 rings (SSSR count). The van der Waals surface area contributed by atoms with E-state index in [0.29, 0.717) is 10.4 Å². The number of pyridine rings is 2. The van der Waals surface area contributed by atoms with Crippen LogP contribution < -0.4 is 11.1 Å². The van der Waals surface area contributed by atoms with Crippen LogP contribution in [-0.2, 0) is 0 Å². The molecule has 2 saturated carbocycles. The Labute approximate surface area is 164 Å². The summed E-state index contributed by atoms with van der Waals surface area (Å²) in [5.74, 6) is -0.718. The van der Waals surface area contributed by atoms with Crippen molar-refractivity contribution in [3.05, 3.63) is 62.6 Å². The van der Waals surface area contributed by atoms with Crippen molar-refractivity contribution in [2.75, 3.05) is 0 Å². The highest BCUT2D eigenvalue weighted by atomic mass is 32.2. The van der Waals surface area contributed by atoms with Crippen LogP contribution in [0.5, 0.6) is 5.75 Å². The van der Waals surface area contributed by atoms with Gasteiger partial charge in [-0.1, -0.05) is 17.8 Å². The standard InChI is InChI=1S/C21H19FN2O3S/c1-11-9-16-17(20(26)23(11)13-5-6-13)18(25)19(21(27)24(16)14-7-8-14)28-15-4-2-3-12(22)10-15/h2-4,9-10,13-14,25H,5-8H2,1H3. The number of aromatic nitrogens is 2. The second kappa shape index (κ2) is 6.24. The Morgan fingerprint density at radius 3 is 2.36 bits per heavy atom. The fourth-order valence-corrected chi connectivity index (χ4v) is 4.74. The topological polar surface area (TPSA) is 64.2 Å². The van der Waals surface area contributed by atoms with E-state index in [0.717, 1.165) is 43.1 Å². The molecule has 1 N–H and O–H groups in total. The Bertz CT molecular complexity index is 1240. The second-order valence-corrected chi connectivity index (χ2v) is 8.68. The van der Waals surface area contributed by atoms with Crippen molar-refractivity contribution in [2.45, 2.75) is 54.5 Å². The van der Waals surface area contributed by atoms with Gasteiger partial charge in [-0.05, 0) is 56.9 Å². The normalized spacial score (nSPS) is 16.6. The molecule has 0 aliphatic heterocycles. The highest BCUT2D eigenvalue weighted by Crippen LogP contribution is 2.42. The highest BCUT2D eigenvalue weighted by Gasteiger charge is 2.33. The first-order valence-corrected chi connectivity index (χ1v) is 10.2. The number of nitrogens with zero attached hydrogens (tertiary/aromatic N) is 2. The molecule has 0 amide bonds. The van der Waals surface area contributed by atoms with E-state index in [4.69, 9.17) is 0 Å². The predicted molar refractivity (Wildman–Crippen MR) is 106 cm³/mol. The summed E-state index contributed by atoms with van der Waals surface area (Å²) >= 11 is 1.00. The van der Waals surface area contributed by atoms with E-state index in [1.54, 1.807) is 21.3 Å². The summed E-state index contributed by atoms with van der Waals surface area (Å²) in [6.45, 7) is 1.87. The fourth-order valence-electron chi connectivity index (χ4n) is 3.80. The van der Waals surface area contributed by atoms with E-state index in [-0.39, 0.29) is 39.2 Å². The zero-order valence-electron chi connectivity index (χ0n) is 15.3. The van der Waals surface area contributed by atoms with Gasteiger partial charge in [0.05, 0.1) is 5.52 Å². The summed E-state index contributed by atoms with van der Waals surface area (Å²) in [7, 11) is 0. The van der Waals surface area contributed by atoms with E-state index < -0.39 is 5.82 Å². The minimum absolute atomic E-state index is 0.0398. The SMILES string of the molecule is Cc1cc2c(c(O)c(Sc3cccc(F)c3)c(=O)n2C2CC2)c(=O)n1C1CC1. The summed E-state index contributed by atoms with van der Waals surface area (Å²) in [4.78, 5) is 27.0. The van der Waals surface area contributed by atoms with Crippen LogP contribution >= 0.6 is 11.8 Å². The number of aryl methyl sites for hydroxylation is 1. The van der Waals surface area contributed by atoms with E-state index in [9.17, 15) is 19.1 Å². The fraction of sp³-hybridized carbons (Fsp3) is 0.333. The zero-order chi connectivity index (χ0) is 19.6. The van der Waals surface area contributed by atoms with E-state index in [2.05, 4.69) is 0 Å². The molecule has 2 aromatic heterocycles. The molecule has 2 aliphatic carbocycles. The van der Waals surface area contributed by atoms with Crippen LogP contribution in [0.3, 0.4) is 0 Å². The van der Waals surface area contributed by atoms with Gasteiger partial charge >= 0.3 is 0 Å². The molecule has 2 aliphatic rings. The molecule has 0 spiro atoms. The summed E-state index contributed by atoms with van der Waals surface area (Å²) in [6, 6.07) is 7.91. The maximum atomic E-state index is 13.6. The minimum Gasteiger partial charge on any atom is -0.506 e. The molecule has 5 nitrogen and oxygen atoms in total. The van der Waals surface area contributed by atoms with E-state index in [1.807, 2.05) is 13.0 Å². The number of hydrogen-bond donors (Lipinski definition) is 1. The first kappa shape index (κ1) is 17.6. The van der Waals surface area contributed by atoms with Gasteiger partial charge in [0.1, 0.15) is 21.8 Å². The zero-order valence-corrected chi connectivity index (χ0v) is 16.1. The number of fused-ring (bicyclic) bond motifs is 1. The first-order chi connectivity index (χ1) is 13.5. The number of halogens is 1. The summed E-state index contributed by atoms with van der Waals surface area (Å²) in [5, 5.41) is 11.1. The van der Waals surface area contributed by atoms with Crippen LogP contribution in [0.2, 0.25) is 0 Å². The molecular weight excluding hydrogens is 379 g/mol. The van der Waals surface area contributed by atoms with Crippen molar-refractivity contribution in [3.63, 3.8) is 0 Å². The average molecular weight is 398 g/mol. The minimum atomic E-state index is -0.417. The van der Waals surface area contributed by atoms with Gasteiger partial charge < -0.3 is 14.2 Å². The monoisotopic (exact) mass is 398 g/mol. The molecule has 0 saturated heterocycles. The van der Waals surface area contributed by atoms with Crippen molar-refractivity contribution in [1.29, 1.82) is 0 Å². The van der Waals surface area contributed by atoms with Crippen LogP contribution in [0.4, 0.5) is 4.39 Å². The quantitative estimate of drug-likeness (QED) is 0.718. The van der Waals surface area contributed by atoms with E-state index in [1.165, 1.54) is 12.1 Å². The van der Waals surface area contributed by atoms with Crippen LogP contribution in [-0.4, -0.2) is 14.2 Å². The molecule has 0 bridgehead atoms. The number of benzene rings is 1. The van der Waals surface area contributed by atoms with Crippen molar-refractivity contribution in [2.24, 2.45) is 0 Å². The lowest BCUT2D eigenvalue weighted by atomic mass is 10.2. The number of rotatable bonds is 4. The van der Waals surface area contributed by atoms with Gasteiger partial charge in [-0.15, -0.1) is 0 Å². The third-order valence-electron chi connectivity index (χ3n) is 5.38. The lowest BCUT2D eigenvalue weighted by Gasteiger charge is -2.17. The van der Waals surface area contributed by atoms with Crippen LogP contribution in [0, 0.1) is 12.7 Å². The summed E-state index contributed by atoms with van der Waals surface area (Å²) in [5.41, 5.74) is 0.710. The van der Waals surface area contributed by atoms with Crippen molar-refractivity contribution < 1.29 is 9.50 Å². The number of aromatic hydroxyl groups is 1. The van der Waals surface area contributed by atoms with Gasteiger partial charge in [-0.3, -0.25) is 9.59 Å². The third kappa shape index (κ3) is 2.76. The van der Waals surface area contributed by atoms with Crippen LogP contribution in [0.15, 0.2) is 49.7 Å². The lowest BCUT2D eigenvalue weighted by molar-refractivity contribution is 0.462. The van der Waals surface area contributed by atoms with Crippen LogP contribution in [0.25, 0.3) is 10.9 Å². The molecule has 144 valence electrons. The van der Waals surface area contributed by atoms with Gasteiger partial charge in [0.25, 0.3) is 11.1 Å². The van der Waals surface area contributed by atoms with Crippen molar-refractivity contribution in [3.8, 4) is 5.75 Å². The Morgan fingerprint density at radius 2 is 1.71 bits per heavy atom. The van der Waals surface area contributed by atoms with Crippen molar-refractivity contribution >= 4 is 22.7 Å². The molecule has 3 aromatic rings. The van der Waals surface area contributed by atoms with Gasteiger partial charge in [-0.25, -0.2) is 4.39 Å². The second-order valence-electron chi connectivity index (χ2n) is 7.60. The highest BCUT2D eigenvalue weighted by molar-refractivity contribution is 7.99. The summed E-state index contributed by atoms with van der Waals surface area (Å²) < 4.78 is 17.0.